The molecule has 1 aromatic heterocycles. The van der Waals surface area contributed by atoms with Gasteiger partial charge in [-0.1, -0.05) is 41.0 Å². The summed E-state index contributed by atoms with van der Waals surface area (Å²) in [6.45, 7) is 3.87. The Bertz CT molecular complexity index is 889. The molecule has 0 saturated heterocycles. The molecular weight excluding hydrogens is 326 g/mol. The van der Waals surface area contributed by atoms with Gasteiger partial charge >= 0.3 is 0 Å². The van der Waals surface area contributed by atoms with Crippen LogP contribution in [0.15, 0.2) is 47.0 Å². The fraction of sp³-hybridized carbons (Fsp3) is 0.167. The SMILES string of the molecule is Cc1ccc(NC(=O)Cc2noc(-c3ccccc3C)n2)cc1Cl. The van der Waals surface area contributed by atoms with Crippen molar-refractivity contribution < 1.29 is 9.32 Å². The lowest BCUT2D eigenvalue weighted by atomic mass is 10.1. The zero-order chi connectivity index (χ0) is 17.1. The average Bonchev–Trinajstić information content (AvgIpc) is 2.99. The number of carbonyl (C=O) groups excluding carboxylic acids is 1. The maximum atomic E-state index is 12.1. The third-order valence-electron chi connectivity index (χ3n) is 3.62. The second-order valence-electron chi connectivity index (χ2n) is 5.52. The van der Waals surface area contributed by atoms with E-state index in [9.17, 15) is 4.79 Å². The van der Waals surface area contributed by atoms with Crippen molar-refractivity contribution in [1.82, 2.24) is 10.1 Å². The Morgan fingerprint density at radius 2 is 1.96 bits per heavy atom. The molecule has 0 aliphatic carbocycles. The highest BCUT2D eigenvalue weighted by atomic mass is 35.5. The molecule has 6 heteroatoms. The van der Waals surface area contributed by atoms with Crippen LogP contribution in [0.3, 0.4) is 0 Å². The molecule has 24 heavy (non-hydrogen) atoms. The molecule has 0 aliphatic rings. The summed E-state index contributed by atoms with van der Waals surface area (Å²) in [4.78, 5) is 16.4. The number of anilines is 1. The molecule has 0 spiro atoms. The van der Waals surface area contributed by atoms with E-state index in [0.29, 0.717) is 22.4 Å². The fourth-order valence-corrected chi connectivity index (χ4v) is 2.45. The topological polar surface area (TPSA) is 68.0 Å². The van der Waals surface area contributed by atoms with E-state index in [0.717, 1.165) is 16.7 Å². The van der Waals surface area contributed by atoms with Gasteiger partial charge in [0, 0.05) is 16.3 Å². The van der Waals surface area contributed by atoms with Crippen molar-refractivity contribution in [2.75, 3.05) is 5.32 Å². The third-order valence-corrected chi connectivity index (χ3v) is 4.03. The summed E-state index contributed by atoms with van der Waals surface area (Å²) in [5.41, 5.74) is 3.49. The monoisotopic (exact) mass is 341 g/mol. The fourth-order valence-electron chi connectivity index (χ4n) is 2.27. The summed E-state index contributed by atoms with van der Waals surface area (Å²) >= 11 is 6.05. The minimum Gasteiger partial charge on any atom is -0.334 e. The smallest absolute Gasteiger partial charge is 0.258 e. The lowest BCUT2D eigenvalue weighted by Crippen LogP contribution is -2.15. The van der Waals surface area contributed by atoms with Crippen LogP contribution in [0.2, 0.25) is 5.02 Å². The van der Waals surface area contributed by atoms with Crippen LogP contribution in [0.5, 0.6) is 0 Å². The minimum atomic E-state index is -0.230. The number of amides is 1. The number of halogens is 1. The molecule has 0 aliphatic heterocycles. The van der Waals surface area contributed by atoms with Crippen molar-refractivity contribution in [2.24, 2.45) is 0 Å². The zero-order valence-electron chi connectivity index (χ0n) is 13.3. The van der Waals surface area contributed by atoms with E-state index in [1.807, 2.05) is 44.2 Å². The first-order valence-electron chi connectivity index (χ1n) is 7.47. The van der Waals surface area contributed by atoms with E-state index in [4.69, 9.17) is 16.1 Å². The van der Waals surface area contributed by atoms with E-state index >= 15 is 0 Å². The molecule has 3 aromatic rings. The number of carbonyl (C=O) groups is 1. The number of nitrogens with one attached hydrogen (secondary N) is 1. The molecule has 3 rings (SSSR count). The van der Waals surface area contributed by atoms with Crippen LogP contribution in [0.1, 0.15) is 17.0 Å². The van der Waals surface area contributed by atoms with E-state index < -0.39 is 0 Å². The molecule has 0 radical (unpaired) electrons. The quantitative estimate of drug-likeness (QED) is 0.772. The highest BCUT2D eigenvalue weighted by Gasteiger charge is 2.14. The summed E-state index contributed by atoms with van der Waals surface area (Å²) in [7, 11) is 0. The van der Waals surface area contributed by atoms with E-state index in [-0.39, 0.29) is 12.3 Å². The Balaban J connectivity index is 1.69. The molecule has 2 aromatic carbocycles. The van der Waals surface area contributed by atoms with Gasteiger partial charge in [0.2, 0.25) is 5.91 Å². The van der Waals surface area contributed by atoms with Crippen LogP contribution >= 0.6 is 11.6 Å². The van der Waals surface area contributed by atoms with Gasteiger partial charge in [-0.15, -0.1) is 0 Å². The van der Waals surface area contributed by atoms with Crippen LogP contribution in [-0.2, 0) is 11.2 Å². The summed E-state index contributed by atoms with van der Waals surface area (Å²) in [6, 6.07) is 13.1. The van der Waals surface area contributed by atoms with Crippen molar-refractivity contribution in [3.8, 4) is 11.5 Å². The number of hydrogen-bond acceptors (Lipinski definition) is 4. The van der Waals surface area contributed by atoms with Gasteiger partial charge in [-0.05, 0) is 43.2 Å². The predicted molar refractivity (Wildman–Crippen MR) is 93.0 cm³/mol. The first-order chi connectivity index (χ1) is 11.5. The summed E-state index contributed by atoms with van der Waals surface area (Å²) < 4.78 is 5.26. The molecular formula is C18H16ClN3O2. The summed E-state index contributed by atoms with van der Waals surface area (Å²) in [5.74, 6) is 0.519. The van der Waals surface area contributed by atoms with Crippen LogP contribution in [-0.4, -0.2) is 16.0 Å². The minimum absolute atomic E-state index is 0.0286. The number of hydrogen-bond donors (Lipinski definition) is 1. The maximum absolute atomic E-state index is 12.1. The van der Waals surface area contributed by atoms with Crippen molar-refractivity contribution >= 4 is 23.2 Å². The third kappa shape index (κ3) is 3.63. The summed E-state index contributed by atoms with van der Waals surface area (Å²) in [5, 5.41) is 7.25. The Kier molecular flexibility index (Phi) is 4.62. The number of aryl methyl sites for hydroxylation is 2. The lowest BCUT2D eigenvalue weighted by Gasteiger charge is -2.05. The van der Waals surface area contributed by atoms with Gasteiger partial charge in [0.05, 0.1) is 6.42 Å². The maximum Gasteiger partial charge on any atom is 0.258 e. The van der Waals surface area contributed by atoms with E-state index in [2.05, 4.69) is 15.5 Å². The normalized spacial score (nSPS) is 10.6. The Hall–Kier alpha value is -2.66. The van der Waals surface area contributed by atoms with Gasteiger partial charge in [-0.25, -0.2) is 0 Å². The summed E-state index contributed by atoms with van der Waals surface area (Å²) in [6.07, 6.45) is 0.0286. The van der Waals surface area contributed by atoms with Gasteiger partial charge < -0.3 is 9.84 Å². The highest BCUT2D eigenvalue weighted by molar-refractivity contribution is 6.31. The van der Waals surface area contributed by atoms with Crippen molar-refractivity contribution in [3.05, 3.63) is 64.4 Å². The lowest BCUT2D eigenvalue weighted by molar-refractivity contribution is -0.115. The second-order valence-corrected chi connectivity index (χ2v) is 5.93. The van der Waals surface area contributed by atoms with Crippen LogP contribution < -0.4 is 5.32 Å². The predicted octanol–water partition coefficient (Wildman–Crippen LogP) is 4.19. The number of nitrogens with zero attached hydrogens (tertiary/aromatic N) is 2. The van der Waals surface area contributed by atoms with Crippen molar-refractivity contribution in [3.63, 3.8) is 0 Å². The number of rotatable bonds is 4. The van der Waals surface area contributed by atoms with Crippen LogP contribution in [0.4, 0.5) is 5.69 Å². The largest absolute Gasteiger partial charge is 0.334 e. The Labute approximate surface area is 144 Å². The first-order valence-corrected chi connectivity index (χ1v) is 7.85. The molecule has 0 atom stereocenters. The second kappa shape index (κ2) is 6.84. The highest BCUT2D eigenvalue weighted by Crippen LogP contribution is 2.22. The molecule has 0 fully saturated rings. The Morgan fingerprint density at radius 3 is 2.71 bits per heavy atom. The van der Waals surface area contributed by atoms with Gasteiger partial charge in [0.1, 0.15) is 0 Å². The molecule has 1 amide bonds. The van der Waals surface area contributed by atoms with Crippen LogP contribution in [0.25, 0.3) is 11.5 Å². The van der Waals surface area contributed by atoms with Crippen LogP contribution in [0, 0.1) is 13.8 Å². The molecule has 0 bridgehead atoms. The molecule has 0 saturated carbocycles. The molecule has 5 nitrogen and oxygen atoms in total. The Morgan fingerprint density at radius 1 is 1.17 bits per heavy atom. The number of aromatic nitrogens is 2. The van der Waals surface area contributed by atoms with Crippen molar-refractivity contribution in [2.45, 2.75) is 20.3 Å². The van der Waals surface area contributed by atoms with E-state index in [1.165, 1.54) is 0 Å². The first kappa shape index (κ1) is 16.2. The molecule has 122 valence electrons. The van der Waals surface area contributed by atoms with Crippen molar-refractivity contribution in [1.29, 1.82) is 0 Å². The zero-order valence-corrected chi connectivity index (χ0v) is 14.1. The number of benzene rings is 2. The van der Waals surface area contributed by atoms with E-state index in [1.54, 1.807) is 12.1 Å². The van der Waals surface area contributed by atoms with Gasteiger partial charge in [0.25, 0.3) is 5.89 Å². The average molecular weight is 342 g/mol. The molecule has 1 heterocycles. The molecule has 1 N–H and O–H groups in total. The van der Waals surface area contributed by atoms with Gasteiger partial charge in [-0.3, -0.25) is 4.79 Å². The van der Waals surface area contributed by atoms with Gasteiger partial charge in [-0.2, -0.15) is 4.98 Å². The standard InChI is InChI=1S/C18H16ClN3O2/c1-11-5-3-4-6-14(11)18-21-16(22-24-18)10-17(23)20-13-8-7-12(2)15(19)9-13/h3-9H,10H2,1-2H3,(H,20,23). The molecule has 0 unspecified atom stereocenters. The van der Waals surface area contributed by atoms with Gasteiger partial charge in [0.15, 0.2) is 5.82 Å².